The molecular formula is C27H35N3O6. The van der Waals surface area contributed by atoms with Crippen molar-refractivity contribution in [2.24, 2.45) is 5.92 Å². The molecule has 0 radical (unpaired) electrons. The molecule has 9 heteroatoms. The van der Waals surface area contributed by atoms with Gasteiger partial charge in [-0.2, -0.15) is 0 Å². The molecule has 0 saturated carbocycles. The van der Waals surface area contributed by atoms with E-state index < -0.39 is 0 Å². The van der Waals surface area contributed by atoms with E-state index in [4.69, 9.17) is 14.2 Å². The summed E-state index contributed by atoms with van der Waals surface area (Å²) in [5.74, 6) is -0.361. The van der Waals surface area contributed by atoms with Crippen LogP contribution in [-0.4, -0.2) is 87.2 Å². The Balaban J connectivity index is 1.96. The van der Waals surface area contributed by atoms with E-state index in [-0.39, 0.29) is 49.0 Å². The molecule has 3 rings (SSSR count). The van der Waals surface area contributed by atoms with Crippen molar-refractivity contribution < 1.29 is 28.6 Å². The first-order valence-electron chi connectivity index (χ1n) is 11.9. The van der Waals surface area contributed by atoms with Crippen molar-refractivity contribution in [3.8, 4) is 5.75 Å². The fraction of sp³-hybridized carbons (Fsp3) is 0.444. The average Bonchev–Trinajstić information content (AvgIpc) is 2.88. The molecular weight excluding hydrogens is 462 g/mol. The van der Waals surface area contributed by atoms with Gasteiger partial charge in [-0.1, -0.05) is 25.1 Å². The van der Waals surface area contributed by atoms with Crippen LogP contribution in [0.1, 0.15) is 34.6 Å². The van der Waals surface area contributed by atoms with Crippen molar-refractivity contribution >= 4 is 23.4 Å². The van der Waals surface area contributed by atoms with Gasteiger partial charge in [0.1, 0.15) is 19.0 Å². The number of methoxy groups -OCH3 is 2. The van der Waals surface area contributed by atoms with Gasteiger partial charge in [0.2, 0.25) is 5.91 Å². The lowest BCUT2D eigenvalue weighted by Gasteiger charge is -2.36. The fourth-order valence-electron chi connectivity index (χ4n) is 4.21. The molecule has 0 aliphatic carbocycles. The fourth-order valence-corrected chi connectivity index (χ4v) is 4.21. The number of carbonyl (C=O) groups excluding carboxylic acids is 3. The van der Waals surface area contributed by atoms with Gasteiger partial charge in [0.15, 0.2) is 0 Å². The molecule has 0 spiro atoms. The van der Waals surface area contributed by atoms with Crippen molar-refractivity contribution in [2.75, 3.05) is 52.9 Å². The van der Waals surface area contributed by atoms with Crippen LogP contribution in [0.15, 0.2) is 48.5 Å². The van der Waals surface area contributed by atoms with Crippen LogP contribution < -0.4 is 10.1 Å². The zero-order valence-corrected chi connectivity index (χ0v) is 21.5. The van der Waals surface area contributed by atoms with E-state index in [1.165, 1.54) is 7.11 Å². The molecule has 2 aromatic rings. The molecule has 194 valence electrons. The number of fused-ring (bicyclic) bond motifs is 1. The molecule has 0 bridgehead atoms. The van der Waals surface area contributed by atoms with Crippen LogP contribution in [-0.2, 0) is 14.3 Å². The summed E-state index contributed by atoms with van der Waals surface area (Å²) in [5.41, 5.74) is 1.37. The molecule has 0 aromatic heterocycles. The zero-order chi connectivity index (χ0) is 26.2. The minimum Gasteiger partial charge on any atom is -0.491 e. The van der Waals surface area contributed by atoms with E-state index in [1.54, 1.807) is 54.3 Å². The lowest BCUT2D eigenvalue weighted by Crippen LogP contribution is -2.48. The number of anilines is 1. The first kappa shape index (κ1) is 27.2. The third kappa shape index (κ3) is 6.61. The van der Waals surface area contributed by atoms with Gasteiger partial charge in [0.25, 0.3) is 11.8 Å². The molecule has 0 saturated heterocycles. The van der Waals surface area contributed by atoms with Gasteiger partial charge in [-0.3, -0.25) is 14.4 Å². The second kappa shape index (κ2) is 12.5. The van der Waals surface area contributed by atoms with E-state index in [0.29, 0.717) is 35.7 Å². The summed E-state index contributed by atoms with van der Waals surface area (Å²) in [4.78, 5) is 42.2. The summed E-state index contributed by atoms with van der Waals surface area (Å²) in [6.07, 6.45) is -0.300. The third-order valence-electron chi connectivity index (χ3n) is 6.29. The van der Waals surface area contributed by atoms with Crippen LogP contribution in [0.5, 0.6) is 5.75 Å². The van der Waals surface area contributed by atoms with E-state index >= 15 is 0 Å². The van der Waals surface area contributed by atoms with E-state index in [2.05, 4.69) is 5.32 Å². The van der Waals surface area contributed by atoms with Crippen molar-refractivity contribution in [1.29, 1.82) is 0 Å². The molecule has 1 heterocycles. The largest absolute Gasteiger partial charge is 0.491 e. The van der Waals surface area contributed by atoms with Gasteiger partial charge in [0.05, 0.1) is 17.7 Å². The number of hydrogen-bond acceptors (Lipinski definition) is 6. The number of carbonyl (C=O) groups is 3. The number of ether oxygens (including phenoxy) is 3. The van der Waals surface area contributed by atoms with E-state index in [9.17, 15) is 14.4 Å². The second-order valence-corrected chi connectivity index (χ2v) is 9.11. The zero-order valence-electron chi connectivity index (χ0n) is 21.5. The first-order chi connectivity index (χ1) is 17.2. The van der Waals surface area contributed by atoms with Crippen LogP contribution in [0, 0.1) is 5.92 Å². The molecule has 1 N–H and O–H groups in total. The van der Waals surface area contributed by atoms with Crippen molar-refractivity contribution in [1.82, 2.24) is 9.80 Å². The minimum atomic E-state index is -0.329. The molecule has 0 unspecified atom stereocenters. The standard InChI is InChI=1S/C27H35N3O6/c1-18-14-30(26(32)20-9-7-6-8-10-20)19(2)16-36-23-12-11-21(28-25(31)17-34-4)13-22(23)27(33)29(3)15-24(18)35-5/h6-13,18-19,24H,14-17H2,1-5H3,(H,28,31)/t18-,19+,24+/m1/s1. The predicted octanol–water partition coefficient (Wildman–Crippen LogP) is 2.92. The molecule has 2 aromatic carbocycles. The number of nitrogens with one attached hydrogen (secondary N) is 1. The SMILES string of the molecule is COCC(=O)Nc1ccc2c(c1)C(=O)N(C)C[C@H](OC)[C@H](C)CN(C(=O)c1ccccc1)[C@@H](C)CO2. The minimum absolute atomic E-state index is 0.0566. The number of rotatable bonds is 5. The summed E-state index contributed by atoms with van der Waals surface area (Å²) >= 11 is 0. The topological polar surface area (TPSA) is 97.4 Å². The van der Waals surface area contributed by atoms with E-state index in [1.807, 2.05) is 32.0 Å². The Bertz CT molecular complexity index is 1060. The van der Waals surface area contributed by atoms with Crippen LogP contribution >= 0.6 is 0 Å². The van der Waals surface area contributed by atoms with Gasteiger partial charge >= 0.3 is 0 Å². The Hall–Kier alpha value is -3.43. The van der Waals surface area contributed by atoms with Crippen LogP contribution in [0.3, 0.4) is 0 Å². The number of likely N-dealkylation sites (N-methyl/N-ethyl adjacent to an activating group) is 1. The van der Waals surface area contributed by atoms with Crippen LogP contribution in [0.4, 0.5) is 5.69 Å². The maximum atomic E-state index is 13.4. The predicted molar refractivity (Wildman–Crippen MR) is 136 cm³/mol. The summed E-state index contributed by atoms with van der Waals surface area (Å²) in [6.45, 7) is 4.77. The highest BCUT2D eigenvalue weighted by molar-refractivity contribution is 5.99. The molecule has 3 amide bonds. The Morgan fingerprint density at radius 2 is 1.81 bits per heavy atom. The maximum absolute atomic E-state index is 13.4. The molecule has 1 aliphatic heterocycles. The molecule has 3 atom stereocenters. The average molecular weight is 498 g/mol. The normalized spacial score (nSPS) is 21.0. The molecule has 0 fully saturated rings. The highest BCUT2D eigenvalue weighted by Crippen LogP contribution is 2.27. The quantitative estimate of drug-likeness (QED) is 0.682. The van der Waals surface area contributed by atoms with Gasteiger partial charge in [-0.05, 0) is 37.3 Å². The number of benzene rings is 2. The van der Waals surface area contributed by atoms with Gasteiger partial charge < -0.3 is 29.3 Å². The van der Waals surface area contributed by atoms with Crippen LogP contribution in [0.2, 0.25) is 0 Å². The lowest BCUT2D eigenvalue weighted by molar-refractivity contribution is -0.119. The first-order valence-corrected chi connectivity index (χ1v) is 11.9. The highest BCUT2D eigenvalue weighted by Gasteiger charge is 2.30. The van der Waals surface area contributed by atoms with Crippen LogP contribution in [0.25, 0.3) is 0 Å². The lowest BCUT2D eigenvalue weighted by atomic mass is 10.0. The Morgan fingerprint density at radius 1 is 1.08 bits per heavy atom. The highest BCUT2D eigenvalue weighted by atomic mass is 16.5. The summed E-state index contributed by atoms with van der Waals surface area (Å²) in [6, 6.07) is 13.8. The maximum Gasteiger partial charge on any atom is 0.257 e. The Labute approximate surface area is 212 Å². The number of hydrogen-bond donors (Lipinski definition) is 1. The molecule has 9 nitrogen and oxygen atoms in total. The Kier molecular flexibility index (Phi) is 9.44. The van der Waals surface area contributed by atoms with Crippen molar-refractivity contribution in [3.05, 3.63) is 59.7 Å². The summed E-state index contributed by atoms with van der Waals surface area (Å²) in [7, 11) is 4.74. The Morgan fingerprint density at radius 3 is 2.47 bits per heavy atom. The monoisotopic (exact) mass is 497 g/mol. The summed E-state index contributed by atoms with van der Waals surface area (Å²) in [5, 5.41) is 2.72. The van der Waals surface area contributed by atoms with Crippen molar-refractivity contribution in [2.45, 2.75) is 26.0 Å². The number of nitrogens with zero attached hydrogens (tertiary/aromatic N) is 2. The smallest absolute Gasteiger partial charge is 0.257 e. The van der Waals surface area contributed by atoms with Crippen molar-refractivity contribution in [3.63, 3.8) is 0 Å². The molecule has 36 heavy (non-hydrogen) atoms. The second-order valence-electron chi connectivity index (χ2n) is 9.11. The number of amides is 3. The van der Waals surface area contributed by atoms with Gasteiger partial charge in [-0.25, -0.2) is 0 Å². The molecule has 1 aliphatic rings. The van der Waals surface area contributed by atoms with E-state index in [0.717, 1.165) is 0 Å². The van der Waals surface area contributed by atoms with Gasteiger partial charge in [-0.15, -0.1) is 0 Å². The van der Waals surface area contributed by atoms with Gasteiger partial charge in [0, 0.05) is 51.5 Å². The third-order valence-corrected chi connectivity index (χ3v) is 6.29. The summed E-state index contributed by atoms with van der Waals surface area (Å²) < 4.78 is 16.7.